The molecule has 0 saturated heterocycles. The maximum absolute atomic E-state index is 14.1. The quantitative estimate of drug-likeness (QED) is 0.279. The maximum atomic E-state index is 14.1. The molecule has 1 aliphatic rings. The highest BCUT2D eigenvalue weighted by Crippen LogP contribution is 2.49. The van der Waals surface area contributed by atoms with E-state index in [-0.39, 0.29) is 26.2 Å². The van der Waals surface area contributed by atoms with Crippen molar-refractivity contribution in [3.05, 3.63) is 123 Å². The fraction of sp³-hybridized carbons (Fsp3) is 0.0714. The van der Waals surface area contributed by atoms with Crippen LogP contribution < -0.4 is 14.9 Å². The highest BCUT2D eigenvalue weighted by atomic mass is 35.5. The number of sulfonamides is 1. The minimum Gasteiger partial charge on any atom is -0.322 e. The predicted octanol–water partition coefficient (Wildman–Crippen LogP) is 6.10. The Bertz CT molecular complexity index is 1730. The van der Waals surface area contributed by atoms with Crippen LogP contribution in [0.25, 0.3) is 0 Å². The van der Waals surface area contributed by atoms with Crippen LogP contribution in [0.15, 0.2) is 95.9 Å². The number of rotatable bonds is 6. The van der Waals surface area contributed by atoms with Gasteiger partial charge < -0.3 is 5.32 Å². The first-order valence-electron chi connectivity index (χ1n) is 11.6. The molecule has 2 N–H and O–H groups in total. The zero-order valence-corrected chi connectivity index (χ0v) is 23.4. The van der Waals surface area contributed by atoms with Gasteiger partial charge in [0.2, 0.25) is 0 Å². The molecule has 39 heavy (non-hydrogen) atoms. The number of halogens is 3. The normalized spacial score (nSPS) is 16.7. The van der Waals surface area contributed by atoms with Crippen molar-refractivity contribution in [1.82, 2.24) is 5.32 Å². The molecule has 1 unspecified atom stereocenters. The minimum absolute atomic E-state index is 0.148. The summed E-state index contributed by atoms with van der Waals surface area (Å²) >= 11 is 18.9. The number of fused-ring (bicyclic) bond motifs is 1. The Hall–Kier alpha value is -3.40. The summed E-state index contributed by atoms with van der Waals surface area (Å²) in [7, 11) is -2.84. The number of anilines is 2. The van der Waals surface area contributed by atoms with E-state index in [2.05, 4.69) is 10.6 Å². The van der Waals surface area contributed by atoms with Gasteiger partial charge in [-0.15, -0.1) is 0 Å². The van der Waals surface area contributed by atoms with E-state index < -0.39 is 27.4 Å². The maximum Gasteiger partial charge on any atom is 0.270 e. The molecule has 0 aliphatic carbocycles. The number of hydrogen-bond acceptors (Lipinski definition) is 5. The van der Waals surface area contributed by atoms with E-state index in [1.54, 1.807) is 61.6 Å². The molecule has 0 aromatic heterocycles. The number of benzene rings is 4. The third-order valence-electron chi connectivity index (χ3n) is 6.51. The van der Waals surface area contributed by atoms with Gasteiger partial charge in [0.25, 0.3) is 21.8 Å². The Kier molecular flexibility index (Phi) is 7.17. The second-order valence-corrected chi connectivity index (χ2v) is 11.7. The standard InChI is InChI=1S/C28H20Cl3N3O4S/c1-32-28(21-7-3-5-9-24(21)31)22-16-17(29)10-15-25(22)34(27(28)36)39(37,38)19-13-11-18(12-14-19)33-26(35)20-6-2-4-8-23(20)30/h2-16,32H,1H3,(H,33,35). The highest BCUT2D eigenvalue weighted by Gasteiger charge is 2.56. The van der Waals surface area contributed by atoms with Crippen LogP contribution >= 0.6 is 34.8 Å². The van der Waals surface area contributed by atoms with E-state index in [4.69, 9.17) is 34.8 Å². The smallest absolute Gasteiger partial charge is 0.270 e. The first-order chi connectivity index (χ1) is 18.6. The first-order valence-corrected chi connectivity index (χ1v) is 14.2. The summed E-state index contributed by atoms with van der Waals surface area (Å²) in [4.78, 5) is 26.6. The second kappa shape index (κ2) is 10.3. The average molecular weight is 601 g/mol. The molecular weight excluding hydrogens is 581 g/mol. The zero-order valence-electron chi connectivity index (χ0n) is 20.3. The van der Waals surface area contributed by atoms with Crippen LogP contribution in [0.5, 0.6) is 0 Å². The van der Waals surface area contributed by atoms with Crippen molar-refractivity contribution >= 4 is 68.0 Å². The number of hydrogen-bond donors (Lipinski definition) is 2. The fourth-order valence-corrected chi connectivity index (χ4v) is 6.80. The molecule has 0 bridgehead atoms. The summed E-state index contributed by atoms with van der Waals surface area (Å²) < 4.78 is 28.6. The number of nitrogens with one attached hydrogen (secondary N) is 2. The Balaban J connectivity index is 1.54. The average Bonchev–Trinajstić information content (AvgIpc) is 3.17. The predicted molar refractivity (Wildman–Crippen MR) is 153 cm³/mol. The van der Waals surface area contributed by atoms with Crippen LogP contribution in [-0.4, -0.2) is 27.3 Å². The molecular formula is C28H20Cl3N3O4S. The molecule has 198 valence electrons. The van der Waals surface area contributed by atoms with Crippen LogP contribution in [0.1, 0.15) is 21.5 Å². The number of amides is 2. The molecule has 4 aromatic carbocycles. The Morgan fingerprint density at radius 1 is 0.821 bits per heavy atom. The van der Waals surface area contributed by atoms with E-state index >= 15 is 0 Å². The Labute approximate surface area is 240 Å². The van der Waals surface area contributed by atoms with E-state index in [1.807, 2.05) is 0 Å². The van der Waals surface area contributed by atoms with Gasteiger partial charge in [-0.25, -0.2) is 12.7 Å². The van der Waals surface area contributed by atoms with Gasteiger partial charge in [0, 0.05) is 26.9 Å². The van der Waals surface area contributed by atoms with Gasteiger partial charge in [-0.3, -0.25) is 14.9 Å². The summed E-state index contributed by atoms with van der Waals surface area (Å²) in [6, 6.07) is 23.3. The molecule has 11 heteroatoms. The van der Waals surface area contributed by atoms with E-state index in [9.17, 15) is 18.0 Å². The molecule has 4 aromatic rings. The molecule has 1 atom stereocenters. The van der Waals surface area contributed by atoms with Crippen LogP contribution in [0, 0.1) is 0 Å². The molecule has 0 saturated carbocycles. The van der Waals surface area contributed by atoms with Crippen molar-refractivity contribution < 1.29 is 18.0 Å². The molecule has 1 aliphatic heterocycles. The summed E-state index contributed by atoms with van der Waals surface area (Å²) in [5.74, 6) is -1.21. The lowest BCUT2D eigenvalue weighted by atomic mass is 9.84. The van der Waals surface area contributed by atoms with Gasteiger partial charge >= 0.3 is 0 Å². The van der Waals surface area contributed by atoms with Gasteiger partial charge in [-0.2, -0.15) is 0 Å². The summed E-state index contributed by atoms with van der Waals surface area (Å²) in [5, 5.41) is 6.60. The molecule has 0 radical (unpaired) electrons. The van der Waals surface area contributed by atoms with Crippen LogP contribution in [0.3, 0.4) is 0 Å². The molecule has 0 spiro atoms. The number of nitrogens with zero attached hydrogens (tertiary/aromatic N) is 1. The largest absolute Gasteiger partial charge is 0.322 e. The number of carbonyl (C=O) groups is 2. The van der Waals surface area contributed by atoms with Gasteiger partial charge in [0.15, 0.2) is 5.54 Å². The minimum atomic E-state index is -4.40. The summed E-state index contributed by atoms with van der Waals surface area (Å²) in [5.41, 5.74) is -0.0964. The SMILES string of the molecule is CNC1(c2ccccc2Cl)C(=O)N(S(=O)(=O)c2ccc(NC(=O)c3ccccc3Cl)cc2)c2ccc(Cl)cc21. The van der Waals surface area contributed by atoms with Crippen LogP contribution in [-0.2, 0) is 20.4 Å². The van der Waals surface area contributed by atoms with E-state index in [0.717, 1.165) is 4.31 Å². The van der Waals surface area contributed by atoms with Gasteiger partial charge in [-0.05, 0) is 67.7 Å². The Morgan fingerprint density at radius 2 is 1.46 bits per heavy atom. The summed E-state index contributed by atoms with van der Waals surface area (Å²) in [6.45, 7) is 0. The molecule has 1 heterocycles. The molecule has 0 fully saturated rings. The van der Waals surface area contributed by atoms with Crippen molar-refractivity contribution in [1.29, 1.82) is 0 Å². The topological polar surface area (TPSA) is 95.6 Å². The number of carbonyl (C=O) groups excluding carboxylic acids is 2. The highest BCUT2D eigenvalue weighted by molar-refractivity contribution is 7.93. The van der Waals surface area contributed by atoms with Gasteiger partial charge in [-0.1, -0.05) is 65.1 Å². The van der Waals surface area contributed by atoms with Crippen LogP contribution in [0.4, 0.5) is 11.4 Å². The van der Waals surface area contributed by atoms with Crippen molar-refractivity contribution in [3.8, 4) is 0 Å². The monoisotopic (exact) mass is 599 g/mol. The van der Waals surface area contributed by atoms with Crippen LogP contribution in [0.2, 0.25) is 15.1 Å². The number of likely N-dealkylation sites (N-methyl/N-ethyl adjacent to an activating group) is 1. The van der Waals surface area contributed by atoms with Gasteiger partial charge in [0.1, 0.15) is 0 Å². The van der Waals surface area contributed by atoms with E-state index in [1.165, 1.54) is 36.4 Å². The van der Waals surface area contributed by atoms with E-state index in [0.29, 0.717) is 21.8 Å². The van der Waals surface area contributed by atoms with Crippen molar-refractivity contribution in [2.45, 2.75) is 10.4 Å². The lowest BCUT2D eigenvalue weighted by Gasteiger charge is -2.29. The van der Waals surface area contributed by atoms with Crippen molar-refractivity contribution in [2.75, 3.05) is 16.7 Å². The van der Waals surface area contributed by atoms with Crippen molar-refractivity contribution in [2.24, 2.45) is 0 Å². The first kappa shape index (κ1) is 27.2. The Morgan fingerprint density at radius 3 is 2.10 bits per heavy atom. The lowest BCUT2D eigenvalue weighted by molar-refractivity contribution is -0.121. The third kappa shape index (κ3) is 4.48. The lowest BCUT2D eigenvalue weighted by Crippen LogP contribution is -2.51. The fourth-order valence-electron chi connectivity index (χ4n) is 4.66. The third-order valence-corrected chi connectivity index (χ3v) is 9.11. The van der Waals surface area contributed by atoms with Gasteiger partial charge in [0.05, 0.1) is 21.2 Å². The molecule has 5 rings (SSSR count). The molecule has 7 nitrogen and oxygen atoms in total. The second-order valence-electron chi connectivity index (χ2n) is 8.67. The molecule has 2 amide bonds. The summed E-state index contributed by atoms with van der Waals surface area (Å²) in [6.07, 6.45) is 0. The zero-order chi connectivity index (χ0) is 27.9. The van der Waals surface area contributed by atoms with Crippen molar-refractivity contribution in [3.63, 3.8) is 0 Å².